The molecule has 0 aliphatic heterocycles. The molecular weight excluding hydrogens is 568 g/mol. The number of halogens is 6. The number of hydrogen-bond donors (Lipinski definition) is 0. The van der Waals surface area contributed by atoms with Crippen molar-refractivity contribution in [1.82, 2.24) is 14.6 Å². The summed E-state index contributed by atoms with van der Waals surface area (Å²) < 4.78 is 108. The van der Waals surface area contributed by atoms with Gasteiger partial charge >= 0.3 is 23.4 Å². The Hall–Kier alpha value is -3.95. The zero-order chi connectivity index (χ0) is 29.4. The van der Waals surface area contributed by atoms with Gasteiger partial charge in [-0.2, -0.15) is 31.7 Å². The number of sulfone groups is 1. The first kappa shape index (κ1) is 27.6. The second-order valence-corrected chi connectivity index (χ2v) is 11.6. The minimum absolute atomic E-state index is 0.146. The van der Waals surface area contributed by atoms with Crippen LogP contribution < -0.4 is 9.58 Å². The average Bonchev–Trinajstić information content (AvgIpc) is 3.55. The molecule has 0 radical (unpaired) electrons. The average molecular weight is 588 g/mol. The lowest BCUT2D eigenvalue weighted by atomic mass is 10.0. The lowest BCUT2D eigenvalue weighted by molar-refractivity contribution is -0.647. The number of pyridine rings is 1. The largest absolute Gasteiger partial charge is 0.691 e. The van der Waals surface area contributed by atoms with Crippen molar-refractivity contribution in [2.45, 2.75) is 42.4 Å². The van der Waals surface area contributed by atoms with E-state index in [2.05, 4.69) is 10.1 Å². The first-order valence-corrected chi connectivity index (χ1v) is 13.4. The van der Waals surface area contributed by atoms with E-state index in [1.54, 1.807) is 0 Å². The predicted molar refractivity (Wildman–Crippen MR) is 127 cm³/mol. The standard InChI is InChI=1S/C24H19F6N5O4S/c1-3-40(38,39)17-10-14(13-4-6-15(7-5-13)22(25)8-9-22)12-34(36)19(17)20-31-16-11-18(23(26,27)24(28,29)30)32-35(37)21(16)33(20)2/h4-7,10-12H,3,8-9H2,1-2H3. The number of aryl methyl sites for hydroxylation is 1. The molecule has 9 nitrogen and oxygen atoms in total. The molecule has 0 bridgehead atoms. The zero-order valence-corrected chi connectivity index (χ0v) is 21.5. The van der Waals surface area contributed by atoms with Gasteiger partial charge in [0.15, 0.2) is 27.2 Å². The molecular formula is C24H19F6N5O4S. The lowest BCUT2D eigenvalue weighted by Gasteiger charge is -2.18. The van der Waals surface area contributed by atoms with Crippen molar-refractivity contribution >= 4 is 21.0 Å². The van der Waals surface area contributed by atoms with Crippen LogP contribution in [-0.2, 0) is 28.5 Å². The molecule has 3 aromatic heterocycles. The minimum atomic E-state index is -6.06. The molecule has 3 heterocycles. The Bertz CT molecular complexity index is 1770. The molecule has 1 fully saturated rings. The van der Waals surface area contributed by atoms with Crippen LogP contribution in [0, 0.1) is 10.4 Å². The summed E-state index contributed by atoms with van der Waals surface area (Å²) in [6.07, 6.45) is -4.29. The van der Waals surface area contributed by atoms with Gasteiger partial charge in [0.05, 0.1) is 12.8 Å². The van der Waals surface area contributed by atoms with Crippen LogP contribution in [0.25, 0.3) is 33.8 Å². The van der Waals surface area contributed by atoms with Crippen molar-refractivity contribution in [1.29, 1.82) is 0 Å². The fourth-order valence-electron chi connectivity index (χ4n) is 4.31. The van der Waals surface area contributed by atoms with Crippen LogP contribution in [0.4, 0.5) is 26.3 Å². The van der Waals surface area contributed by atoms with E-state index in [0.29, 0.717) is 24.0 Å². The van der Waals surface area contributed by atoms with Crippen molar-refractivity contribution < 1.29 is 44.3 Å². The first-order chi connectivity index (χ1) is 18.5. The molecule has 212 valence electrons. The van der Waals surface area contributed by atoms with Crippen LogP contribution >= 0.6 is 0 Å². The monoisotopic (exact) mass is 587 g/mol. The second kappa shape index (κ2) is 8.78. The summed E-state index contributed by atoms with van der Waals surface area (Å²) in [5.41, 5.74) is -4.23. The summed E-state index contributed by atoms with van der Waals surface area (Å²) in [6.45, 7) is 1.31. The molecule has 4 aromatic rings. The van der Waals surface area contributed by atoms with E-state index < -0.39 is 71.5 Å². The van der Waals surface area contributed by atoms with Crippen molar-refractivity contribution in [2.75, 3.05) is 5.75 Å². The van der Waals surface area contributed by atoms with Crippen molar-refractivity contribution in [3.05, 3.63) is 64.3 Å². The second-order valence-electron chi connectivity index (χ2n) is 9.39. The molecule has 0 saturated heterocycles. The lowest BCUT2D eigenvalue weighted by Crippen LogP contribution is -2.41. The molecule has 0 N–H and O–H groups in total. The SMILES string of the molecule is CCS(=O)(=O)c1cc(-c2ccc(C3(F)CC3)cc2)c[n+]([O-])c1-c1nc2cc(C(F)(F)C(F)(F)F)n[n+]([O-])c2n1C. The van der Waals surface area contributed by atoms with Crippen molar-refractivity contribution in [3.8, 4) is 22.6 Å². The van der Waals surface area contributed by atoms with E-state index in [9.17, 15) is 45.2 Å². The van der Waals surface area contributed by atoms with Crippen LogP contribution in [-0.4, -0.2) is 35.0 Å². The number of imidazole rings is 1. The van der Waals surface area contributed by atoms with Gasteiger partial charge in [0.25, 0.3) is 5.82 Å². The van der Waals surface area contributed by atoms with Gasteiger partial charge in [0.2, 0.25) is 0 Å². The number of aromatic nitrogens is 5. The Balaban J connectivity index is 1.70. The molecule has 16 heteroatoms. The topological polar surface area (TPSA) is 119 Å². The molecule has 0 unspecified atom stereocenters. The number of rotatable bonds is 6. The summed E-state index contributed by atoms with van der Waals surface area (Å²) in [5.74, 6) is -6.45. The fourth-order valence-corrected chi connectivity index (χ4v) is 5.41. The summed E-state index contributed by atoms with van der Waals surface area (Å²) in [5, 5.41) is 28.5. The van der Waals surface area contributed by atoms with Gasteiger partial charge in [0.1, 0.15) is 10.6 Å². The Morgan fingerprint density at radius 1 is 1.05 bits per heavy atom. The number of alkyl halides is 6. The first-order valence-electron chi connectivity index (χ1n) is 11.7. The van der Waals surface area contributed by atoms with E-state index in [4.69, 9.17) is 0 Å². The van der Waals surface area contributed by atoms with Crippen LogP contribution in [0.2, 0.25) is 0 Å². The smallest absolute Gasteiger partial charge is 0.459 e. The van der Waals surface area contributed by atoms with Gasteiger partial charge in [-0.15, -0.1) is 4.85 Å². The highest BCUT2D eigenvalue weighted by Crippen LogP contribution is 2.49. The molecule has 0 atom stereocenters. The Labute approximate surface area is 222 Å². The quantitative estimate of drug-likeness (QED) is 0.191. The van der Waals surface area contributed by atoms with E-state index in [-0.39, 0.29) is 16.4 Å². The summed E-state index contributed by atoms with van der Waals surface area (Å²) in [4.78, 5) is 2.86. The fraction of sp³-hybridized carbons (Fsp3) is 0.333. The number of fused-ring (bicyclic) bond motifs is 1. The highest BCUT2D eigenvalue weighted by atomic mass is 32.2. The number of nitrogens with zero attached hydrogens (tertiary/aromatic N) is 5. The molecule has 40 heavy (non-hydrogen) atoms. The van der Waals surface area contributed by atoms with Crippen LogP contribution in [0.1, 0.15) is 31.0 Å². The third kappa shape index (κ3) is 4.30. The van der Waals surface area contributed by atoms with Crippen molar-refractivity contribution in [2.24, 2.45) is 7.05 Å². The third-order valence-electron chi connectivity index (χ3n) is 6.77. The van der Waals surface area contributed by atoms with Gasteiger partial charge in [-0.25, -0.2) is 17.4 Å². The van der Waals surface area contributed by atoms with Gasteiger partial charge in [0, 0.05) is 11.6 Å². The van der Waals surface area contributed by atoms with Crippen LogP contribution in [0.5, 0.6) is 0 Å². The van der Waals surface area contributed by atoms with Crippen LogP contribution in [0.3, 0.4) is 0 Å². The Morgan fingerprint density at radius 2 is 1.68 bits per heavy atom. The number of hydrogen-bond acceptors (Lipinski definition) is 6. The maximum absolute atomic E-state index is 14.4. The predicted octanol–water partition coefficient (Wildman–Crippen LogP) is 3.98. The van der Waals surface area contributed by atoms with E-state index in [1.165, 1.54) is 37.3 Å². The van der Waals surface area contributed by atoms with Crippen molar-refractivity contribution in [3.63, 3.8) is 0 Å². The maximum atomic E-state index is 14.4. The summed E-state index contributed by atoms with van der Waals surface area (Å²) >= 11 is 0. The third-order valence-corrected chi connectivity index (χ3v) is 8.51. The minimum Gasteiger partial charge on any atom is -0.691 e. The molecule has 0 spiro atoms. The normalized spacial score (nSPS) is 15.5. The van der Waals surface area contributed by atoms with E-state index in [0.717, 1.165) is 17.8 Å². The molecule has 1 saturated carbocycles. The maximum Gasteiger partial charge on any atom is 0.459 e. The zero-order valence-electron chi connectivity index (χ0n) is 20.7. The Morgan fingerprint density at radius 3 is 2.23 bits per heavy atom. The molecule has 1 aromatic carbocycles. The van der Waals surface area contributed by atoms with Gasteiger partial charge in [-0.1, -0.05) is 36.3 Å². The molecule has 1 aliphatic rings. The molecule has 0 amide bonds. The van der Waals surface area contributed by atoms with Gasteiger partial charge in [-0.05, 0) is 30.0 Å². The summed E-state index contributed by atoms with van der Waals surface area (Å²) in [6, 6.07) is 7.52. The van der Waals surface area contributed by atoms with E-state index in [1.807, 2.05) is 0 Å². The highest BCUT2D eigenvalue weighted by Gasteiger charge is 2.61. The van der Waals surface area contributed by atoms with Gasteiger partial charge in [-0.3, -0.25) is 0 Å². The molecule has 5 rings (SSSR count). The summed E-state index contributed by atoms with van der Waals surface area (Å²) in [7, 11) is -3.03. The molecule has 1 aliphatic carbocycles. The van der Waals surface area contributed by atoms with Crippen LogP contribution in [0.15, 0.2) is 47.5 Å². The Kier molecular flexibility index (Phi) is 6.06. The van der Waals surface area contributed by atoms with E-state index >= 15 is 0 Å². The number of benzene rings is 1. The highest BCUT2D eigenvalue weighted by molar-refractivity contribution is 7.91. The van der Waals surface area contributed by atoms with Gasteiger partial charge < -0.3 is 10.4 Å².